The molecule has 4 atom stereocenters. The molecule has 0 radical (unpaired) electrons. The molecule has 1 aromatic rings. The van der Waals surface area contributed by atoms with Crippen LogP contribution in [0.1, 0.15) is 25.8 Å². The fraction of sp³-hybridized carbons (Fsp3) is 0.524. The van der Waals surface area contributed by atoms with Crippen molar-refractivity contribution in [3.8, 4) is 5.75 Å². The lowest BCUT2D eigenvalue weighted by molar-refractivity contribution is -0.142. The second-order valence-electron chi connectivity index (χ2n) is 7.99. The molecule has 12 nitrogen and oxygen atoms in total. The predicted octanol–water partition coefficient (Wildman–Crippen LogP) is -2.17. The minimum absolute atomic E-state index is 0.000653. The molecule has 184 valence electrons. The van der Waals surface area contributed by atoms with Crippen LogP contribution in [0, 0.1) is 5.92 Å². The Kier molecular flexibility index (Phi) is 11.3. The van der Waals surface area contributed by atoms with Crippen LogP contribution in [0.5, 0.6) is 5.75 Å². The van der Waals surface area contributed by atoms with E-state index in [1.54, 1.807) is 13.8 Å². The summed E-state index contributed by atoms with van der Waals surface area (Å²) in [6.07, 6.45) is 0.0899. The first-order valence-electron chi connectivity index (χ1n) is 10.4. The summed E-state index contributed by atoms with van der Waals surface area (Å²) in [7, 11) is 0. The van der Waals surface area contributed by atoms with E-state index in [1.165, 1.54) is 24.3 Å². The Balaban J connectivity index is 2.87. The van der Waals surface area contributed by atoms with Crippen LogP contribution in [0.3, 0.4) is 0 Å². The average Bonchev–Trinajstić information content (AvgIpc) is 2.76. The molecule has 12 heteroatoms. The zero-order valence-electron chi connectivity index (χ0n) is 18.5. The molecule has 9 N–H and O–H groups in total. The Morgan fingerprint density at radius 3 is 1.85 bits per heavy atom. The van der Waals surface area contributed by atoms with Crippen molar-refractivity contribution < 1.29 is 39.6 Å². The Morgan fingerprint density at radius 2 is 1.36 bits per heavy atom. The number of phenols is 1. The van der Waals surface area contributed by atoms with E-state index in [4.69, 9.17) is 10.8 Å². The predicted molar refractivity (Wildman–Crippen MR) is 117 cm³/mol. The summed E-state index contributed by atoms with van der Waals surface area (Å²) in [5.74, 6) is -3.83. The van der Waals surface area contributed by atoms with Gasteiger partial charge in [0, 0.05) is 6.42 Å². The van der Waals surface area contributed by atoms with Crippen LogP contribution < -0.4 is 21.7 Å². The number of aliphatic hydroxyl groups is 2. The molecule has 4 unspecified atom stereocenters. The van der Waals surface area contributed by atoms with Gasteiger partial charge in [0.15, 0.2) is 0 Å². The Labute approximate surface area is 191 Å². The molecule has 0 saturated heterocycles. The largest absolute Gasteiger partial charge is 0.508 e. The number of carboxylic acids is 1. The topological polar surface area (TPSA) is 211 Å². The maximum Gasteiger partial charge on any atom is 0.326 e. The summed E-state index contributed by atoms with van der Waals surface area (Å²) in [4.78, 5) is 48.8. The van der Waals surface area contributed by atoms with Gasteiger partial charge in [0.05, 0.1) is 13.2 Å². The summed E-state index contributed by atoms with van der Waals surface area (Å²) in [5, 5.41) is 44.4. The standard InChI is InChI=1S/C21H32N4O8/c1-11(2)7-15(23-18(29)14(22)9-26)19(30)25-17(10-27)20(31)24-16(21(32)33)8-12-3-5-13(28)6-4-12/h3-6,11,14-17,26-28H,7-10,22H2,1-2H3,(H,23,29)(H,24,31)(H,25,30)(H,32,33). The molecular formula is C21H32N4O8. The number of nitrogens with one attached hydrogen (secondary N) is 3. The van der Waals surface area contributed by atoms with Crippen molar-refractivity contribution in [2.45, 2.75) is 50.9 Å². The number of rotatable bonds is 13. The number of carbonyl (C=O) groups is 4. The van der Waals surface area contributed by atoms with Crippen molar-refractivity contribution in [1.82, 2.24) is 16.0 Å². The third-order valence-corrected chi connectivity index (χ3v) is 4.68. The number of aromatic hydroxyl groups is 1. The third-order valence-electron chi connectivity index (χ3n) is 4.68. The first-order valence-corrected chi connectivity index (χ1v) is 10.4. The fourth-order valence-electron chi connectivity index (χ4n) is 2.87. The van der Waals surface area contributed by atoms with Crippen molar-refractivity contribution >= 4 is 23.7 Å². The van der Waals surface area contributed by atoms with E-state index >= 15 is 0 Å². The SMILES string of the molecule is CC(C)CC(NC(=O)C(N)CO)C(=O)NC(CO)C(=O)NC(Cc1ccc(O)cc1)C(=O)O. The van der Waals surface area contributed by atoms with Crippen molar-refractivity contribution in [1.29, 1.82) is 0 Å². The third kappa shape index (κ3) is 9.43. The quantitative estimate of drug-likeness (QED) is 0.158. The van der Waals surface area contributed by atoms with Gasteiger partial charge in [-0.05, 0) is 30.0 Å². The monoisotopic (exact) mass is 468 g/mol. The summed E-state index contributed by atoms with van der Waals surface area (Å²) in [6, 6.07) is 0.582. The minimum atomic E-state index is -1.47. The van der Waals surface area contributed by atoms with Crippen LogP contribution in [-0.4, -0.2) is 81.5 Å². The highest BCUT2D eigenvalue weighted by Crippen LogP contribution is 2.12. The summed E-state index contributed by atoms with van der Waals surface area (Å²) < 4.78 is 0. The molecule has 0 aliphatic carbocycles. The van der Waals surface area contributed by atoms with E-state index in [9.17, 15) is 34.5 Å². The lowest BCUT2D eigenvalue weighted by Crippen LogP contribution is -2.58. The molecule has 0 aliphatic heterocycles. The van der Waals surface area contributed by atoms with Crippen LogP contribution in [0.4, 0.5) is 0 Å². The van der Waals surface area contributed by atoms with Crippen LogP contribution >= 0.6 is 0 Å². The van der Waals surface area contributed by atoms with Gasteiger partial charge < -0.3 is 42.1 Å². The lowest BCUT2D eigenvalue weighted by atomic mass is 10.0. The van der Waals surface area contributed by atoms with Gasteiger partial charge in [0.2, 0.25) is 17.7 Å². The zero-order valence-corrected chi connectivity index (χ0v) is 18.5. The minimum Gasteiger partial charge on any atom is -0.508 e. The highest BCUT2D eigenvalue weighted by molar-refractivity contribution is 5.94. The number of amides is 3. The van der Waals surface area contributed by atoms with Gasteiger partial charge in [-0.25, -0.2) is 4.79 Å². The van der Waals surface area contributed by atoms with Crippen LogP contribution in [-0.2, 0) is 25.6 Å². The number of hydrogen-bond donors (Lipinski definition) is 8. The molecule has 0 bridgehead atoms. The second kappa shape index (κ2) is 13.4. The van der Waals surface area contributed by atoms with E-state index in [2.05, 4.69) is 16.0 Å². The fourth-order valence-corrected chi connectivity index (χ4v) is 2.87. The normalized spacial score (nSPS) is 14.6. The molecule has 0 fully saturated rings. The number of carboxylic acid groups (broad SMARTS) is 1. The van der Waals surface area contributed by atoms with Crippen molar-refractivity contribution in [2.75, 3.05) is 13.2 Å². The Hall–Kier alpha value is -3.22. The number of carbonyl (C=O) groups excluding carboxylic acids is 3. The van der Waals surface area contributed by atoms with Gasteiger partial charge in [0.1, 0.15) is 29.9 Å². The molecule has 1 rings (SSSR count). The summed E-state index contributed by atoms with van der Waals surface area (Å²) in [5.41, 5.74) is 5.99. The second-order valence-corrected chi connectivity index (χ2v) is 7.99. The zero-order chi connectivity index (χ0) is 25.1. The average molecular weight is 469 g/mol. The van der Waals surface area contributed by atoms with Crippen LogP contribution in [0.2, 0.25) is 0 Å². The van der Waals surface area contributed by atoms with E-state index in [0.29, 0.717) is 5.56 Å². The molecule has 1 aromatic carbocycles. The first kappa shape index (κ1) is 27.8. The highest BCUT2D eigenvalue weighted by atomic mass is 16.4. The number of nitrogens with two attached hydrogens (primary N) is 1. The number of hydrogen-bond acceptors (Lipinski definition) is 8. The molecule has 33 heavy (non-hydrogen) atoms. The van der Waals surface area contributed by atoms with E-state index < -0.39 is 61.1 Å². The van der Waals surface area contributed by atoms with Gasteiger partial charge >= 0.3 is 5.97 Å². The van der Waals surface area contributed by atoms with Crippen LogP contribution in [0.25, 0.3) is 0 Å². The van der Waals surface area contributed by atoms with Gasteiger partial charge in [-0.1, -0.05) is 26.0 Å². The maximum absolute atomic E-state index is 12.7. The number of benzene rings is 1. The molecule has 0 spiro atoms. The number of aliphatic carboxylic acids is 1. The highest BCUT2D eigenvalue weighted by Gasteiger charge is 2.30. The Bertz CT molecular complexity index is 815. The van der Waals surface area contributed by atoms with Gasteiger partial charge in [0.25, 0.3) is 0 Å². The van der Waals surface area contributed by atoms with E-state index in [1.807, 2.05) is 0 Å². The van der Waals surface area contributed by atoms with Gasteiger partial charge in [-0.3, -0.25) is 14.4 Å². The molecule has 0 aromatic heterocycles. The van der Waals surface area contributed by atoms with E-state index in [0.717, 1.165) is 0 Å². The number of phenolic OH excluding ortho intramolecular Hbond substituents is 1. The molecule has 0 saturated carbocycles. The smallest absolute Gasteiger partial charge is 0.326 e. The number of aliphatic hydroxyl groups excluding tert-OH is 2. The van der Waals surface area contributed by atoms with Crippen molar-refractivity contribution in [3.63, 3.8) is 0 Å². The van der Waals surface area contributed by atoms with Crippen LogP contribution in [0.15, 0.2) is 24.3 Å². The summed E-state index contributed by atoms with van der Waals surface area (Å²) >= 11 is 0. The lowest BCUT2D eigenvalue weighted by Gasteiger charge is -2.25. The van der Waals surface area contributed by atoms with Gasteiger partial charge in [-0.2, -0.15) is 0 Å². The van der Waals surface area contributed by atoms with Crippen molar-refractivity contribution in [2.24, 2.45) is 11.7 Å². The Morgan fingerprint density at radius 1 is 0.848 bits per heavy atom. The first-order chi connectivity index (χ1) is 15.5. The van der Waals surface area contributed by atoms with Gasteiger partial charge in [-0.15, -0.1) is 0 Å². The molecule has 0 heterocycles. The molecule has 0 aliphatic rings. The maximum atomic E-state index is 12.7. The summed E-state index contributed by atoms with van der Waals surface area (Å²) in [6.45, 7) is 2.16. The molecular weight excluding hydrogens is 436 g/mol. The van der Waals surface area contributed by atoms with Crippen molar-refractivity contribution in [3.05, 3.63) is 29.8 Å². The van der Waals surface area contributed by atoms with E-state index in [-0.39, 0.29) is 24.5 Å². The molecule has 3 amide bonds.